The Kier molecular flexibility index (Phi) is 2.19. The average Bonchev–Trinajstić information content (AvgIpc) is 2.81. The maximum atomic E-state index is 11.5. The van der Waals surface area contributed by atoms with E-state index >= 15 is 0 Å². The molecule has 2 aromatic rings. The first-order valence-corrected chi connectivity index (χ1v) is 8.32. The maximum Gasteiger partial charge on any atom is 0.336 e. The van der Waals surface area contributed by atoms with Crippen molar-refractivity contribution in [1.82, 2.24) is 0 Å². The van der Waals surface area contributed by atoms with Crippen molar-refractivity contribution in [3.63, 3.8) is 0 Å². The number of rotatable bonds is 0. The first-order chi connectivity index (χ1) is 10.8. The summed E-state index contributed by atoms with van der Waals surface area (Å²) in [5, 5.41) is 11.4. The van der Waals surface area contributed by atoms with Crippen molar-refractivity contribution in [2.45, 2.75) is 45.1 Å². The Balaban J connectivity index is 1.85. The Morgan fingerprint density at radius 3 is 2.83 bits per heavy atom. The van der Waals surface area contributed by atoms with E-state index in [1.165, 1.54) is 12.5 Å². The summed E-state index contributed by atoms with van der Waals surface area (Å²) in [5.74, 6) is 2.30. The first-order valence-electron chi connectivity index (χ1n) is 8.32. The standard InChI is InChI=1S/C19H20O4/c1-18(2)10-6-7-19(3)15(10)16(18)14-11(20)8-12-9(17(14)23-19)4-5-13(21)22-12/h4-5,8,10,15-16,20H,6-7H2,1-3H3. The van der Waals surface area contributed by atoms with Crippen LogP contribution in [0.2, 0.25) is 0 Å². The molecule has 2 aliphatic carbocycles. The molecule has 4 heteroatoms. The topological polar surface area (TPSA) is 59.7 Å². The minimum Gasteiger partial charge on any atom is -0.507 e. The number of phenolic OH excluding ortho intramolecular Hbond substituents is 1. The van der Waals surface area contributed by atoms with Crippen molar-refractivity contribution in [1.29, 1.82) is 0 Å². The van der Waals surface area contributed by atoms with Crippen LogP contribution in [0.3, 0.4) is 0 Å². The highest BCUT2D eigenvalue weighted by Gasteiger charge is 2.69. The summed E-state index contributed by atoms with van der Waals surface area (Å²) in [6.45, 7) is 6.79. The fraction of sp³-hybridized carbons (Fsp3) is 0.526. The molecular weight excluding hydrogens is 292 g/mol. The molecular formula is C19H20O4. The predicted octanol–water partition coefficient (Wildman–Crippen LogP) is 3.80. The van der Waals surface area contributed by atoms with Crippen LogP contribution in [0.15, 0.2) is 27.4 Å². The van der Waals surface area contributed by atoms with Gasteiger partial charge < -0.3 is 14.3 Å². The van der Waals surface area contributed by atoms with E-state index < -0.39 is 5.63 Å². The van der Waals surface area contributed by atoms with Gasteiger partial charge in [0.25, 0.3) is 0 Å². The van der Waals surface area contributed by atoms with Crippen LogP contribution in [0.4, 0.5) is 0 Å². The van der Waals surface area contributed by atoms with Crippen molar-refractivity contribution in [2.75, 3.05) is 0 Å². The van der Waals surface area contributed by atoms with Crippen molar-refractivity contribution in [2.24, 2.45) is 17.3 Å². The van der Waals surface area contributed by atoms with Crippen LogP contribution in [0, 0.1) is 17.3 Å². The molecule has 4 unspecified atom stereocenters. The second-order valence-electron chi connectivity index (χ2n) is 8.19. The van der Waals surface area contributed by atoms with Crippen LogP contribution in [-0.4, -0.2) is 10.7 Å². The summed E-state index contributed by atoms with van der Waals surface area (Å²) >= 11 is 0. The minimum atomic E-state index is -0.415. The van der Waals surface area contributed by atoms with Crippen LogP contribution < -0.4 is 10.4 Å². The number of ether oxygens (including phenoxy) is 1. The van der Waals surface area contributed by atoms with E-state index in [1.54, 1.807) is 12.1 Å². The Morgan fingerprint density at radius 1 is 1.26 bits per heavy atom. The second kappa shape index (κ2) is 3.74. The zero-order chi connectivity index (χ0) is 16.1. The van der Waals surface area contributed by atoms with E-state index in [9.17, 15) is 9.90 Å². The Morgan fingerprint density at radius 2 is 2.04 bits per heavy atom. The van der Waals surface area contributed by atoms with Gasteiger partial charge in [-0.25, -0.2) is 4.79 Å². The number of hydrogen-bond donors (Lipinski definition) is 1. The van der Waals surface area contributed by atoms with Crippen molar-refractivity contribution >= 4 is 11.0 Å². The molecule has 2 fully saturated rings. The molecule has 0 amide bonds. The molecule has 1 aliphatic heterocycles. The van der Waals surface area contributed by atoms with Gasteiger partial charge in [0.1, 0.15) is 22.7 Å². The predicted molar refractivity (Wildman–Crippen MR) is 85.9 cm³/mol. The molecule has 0 spiro atoms. The van der Waals surface area contributed by atoms with E-state index in [1.807, 2.05) is 0 Å². The zero-order valence-electron chi connectivity index (χ0n) is 13.6. The number of hydrogen-bond acceptors (Lipinski definition) is 4. The fourth-order valence-electron chi connectivity index (χ4n) is 5.71. The van der Waals surface area contributed by atoms with Gasteiger partial charge >= 0.3 is 5.63 Å². The van der Waals surface area contributed by atoms with Crippen molar-refractivity contribution in [3.8, 4) is 11.5 Å². The van der Waals surface area contributed by atoms with Crippen LogP contribution in [0.25, 0.3) is 11.0 Å². The monoisotopic (exact) mass is 312 g/mol. The summed E-state index contributed by atoms with van der Waals surface area (Å²) in [6, 6.07) is 4.74. The summed E-state index contributed by atoms with van der Waals surface area (Å²) < 4.78 is 11.7. The summed E-state index contributed by atoms with van der Waals surface area (Å²) in [6.07, 6.45) is 2.21. The second-order valence-corrected chi connectivity index (χ2v) is 8.19. The number of phenols is 1. The molecule has 2 saturated carbocycles. The molecule has 4 atom stereocenters. The molecule has 0 radical (unpaired) electrons. The lowest BCUT2D eigenvalue weighted by atomic mass is 9.45. The first kappa shape index (κ1) is 13.5. The Bertz CT molecular complexity index is 909. The lowest BCUT2D eigenvalue weighted by Crippen LogP contribution is -2.59. The molecule has 23 heavy (non-hydrogen) atoms. The fourth-order valence-corrected chi connectivity index (χ4v) is 5.71. The quantitative estimate of drug-likeness (QED) is 0.752. The Hall–Kier alpha value is -1.97. The van der Waals surface area contributed by atoms with E-state index in [-0.39, 0.29) is 16.8 Å². The molecule has 2 heterocycles. The highest BCUT2D eigenvalue weighted by atomic mass is 16.5. The molecule has 0 bridgehead atoms. The smallest absolute Gasteiger partial charge is 0.336 e. The molecule has 120 valence electrons. The Labute approximate surface area is 134 Å². The molecule has 5 rings (SSSR count). The van der Waals surface area contributed by atoms with Crippen molar-refractivity contribution in [3.05, 3.63) is 34.2 Å². The summed E-state index contributed by atoms with van der Waals surface area (Å²) in [7, 11) is 0. The van der Waals surface area contributed by atoms with Gasteiger partial charge in [-0.15, -0.1) is 0 Å². The van der Waals surface area contributed by atoms with Gasteiger partial charge in [-0.3, -0.25) is 0 Å². The highest BCUT2D eigenvalue weighted by molar-refractivity contribution is 5.88. The van der Waals surface area contributed by atoms with E-state index in [0.29, 0.717) is 29.1 Å². The third kappa shape index (κ3) is 1.41. The van der Waals surface area contributed by atoms with Crippen LogP contribution in [0.5, 0.6) is 11.5 Å². The molecule has 0 saturated heterocycles. The lowest BCUT2D eigenvalue weighted by Gasteiger charge is -2.62. The van der Waals surface area contributed by atoms with Gasteiger partial charge in [0.05, 0.1) is 5.39 Å². The van der Waals surface area contributed by atoms with Crippen LogP contribution in [0.1, 0.15) is 45.1 Å². The number of benzene rings is 1. The SMILES string of the molecule is CC12CCC3C1C(c1c(O)cc4oc(=O)ccc4c1O2)C3(C)C. The van der Waals surface area contributed by atoms with Gasteiger partial charge in [-0.2, -0.15) is 0 Å². The van der Waals surface area contributed by atoms with Gasteiger partial charge in [-0.05, 0) is 37.2 Å². The van der Waals surface area contributed by atoms with Crippen LogP contribution in [-0.2, 0) is 0 Å². The molecule has 1 aromatic carbocycles. The van der Waals surface area contributed by atoms with E-state index in [2.05, 4.69) is 20.8 Å². The molecule has 1 aromatic heterocycles. The number of fused-ring (bicyclic) bond motifs is 4. The zero-order valence-corrected chi connectivity index (χ0v) is 13.6. The normalized spacial score (nSPS) is 36.0. The average molecular weight is 312 g/mol. The molecule has 4 nitrogen and oxygen atoms in total. The molecule has 3 aliphatic rings. The summed E-state index contributed by atoms with van der Waals surface area (Å²) in [4.78, 5) is 11.5. The third-order valence-electron chi connectivity index (χ3n) is 6.75. The third-order valence-corrected chi connectivity index (χ3v) is 6.75. The minimum absolute atomic E-state index is 0.154. The lowest BCUT2D eigenvalue weighted by molar-refractivity contribution is -0.120. The van der Waals surface area contributed by atoms with E-state index in [4.69, 9.17) is 9.15 Å². The largest absolute Gasteiger partial charge is 0.507 e. The highest BCUT2D eigenvalue weighted by Crippen LogP contribution is 2.74. The van der Waals surface area contributed by atoms with E-state index in [0.717, 1.165) is 17.4 Å². The summed E-state index contributed by atoms with van der Waals surface area (Å²) in [5.41, 5.74) is 0.845. The van der Waals surface area contributed by atoms with Gasteiger partial charge in [-0.1, -0.05) is 13.8 Å². The maximum absolute atomic E-state index is 11.5. The van der Waals surface area contributed by atoms with Gasteiger partial charge in [0, 0.05) is 29.5 Å². The van der Waals surface area contributed by atoms with Crippen LogP contribution >= 0.6 is 0 Å². The molecule has 1 N–H and O–H groups in total. The van der Waals surface area contributed by atoms with Gasteiger partial charge in [0.15, 0.2) is 0 Å². The number of aromatic hydroxyl groups is 1. The van der Waals surface area contributed by atoms with Crippen molar-refractivity contribution < 1.29 is 14.3 Å². The van der Waals surface area contributed by atoms with Gasteiger partial charge in [0.2, 0.25) is 0 Å².